The Morgan fingerprint density at radius 2 is 2.09 bits per heavy atom. The van der Waals surface area contributed by atoms with Gasteiger partial charge in [-0.05, 0) is 26.2 Å². The lowest BCUT2D eigenvalue weighted by Crippen LogP contribution is -2.69. The monoisotopic (exact) mass is 322 g/mol. The highest BCUT2D eigenvalue weighted by molar-refractivity contribution is 5.85. The van der Waals surface area contributed by atoms with Crippen LogP contribution >= 0.6 is 0 Å². The molecular weight excluding hydrogens is 292 g/mol. The minimum Gasteiger partial charge on any atom is -0.377 e. The average Bonchev–Trinajstić information content (AvgIpc) is 3.17. The number of fused-ring (bicyclic) bond motifs is 2. The largest absolute Gasteiger partial charge is 0.377 e. The zero-order valence-corrected chi connectivity index (χ0v) is 14.6. The third-order valence-corrected chi connectivity index (χ3v) is 5.79. The fourth-order valence-electron chi connectivity index (χ4n) is 4.66. The lowest BCUT2D eigenvalue weighted by atomic mass is 9.54. The van der Waals surface area contributed by atoms with Gasteiger partial charge >= 0.3 is 0 Å². The molecule has 6 heteroatoms. The Hall–Kier alpha value is -1.30. The quantitative estimate of drug-likeness (QED) is 0.598. The summed E-state index contributed by atoms with van der Waals surface area (Å²) in [6.07, 6.45) is 6.69. The van der Waals surface area contributed by atoms with Crippen molar-refractivity contribution in [2.24, 2.45) is 16.3 Å². The Labute approximate surface area is 139 Å². The van der Waals surface area contributed by atoms with E-state index in [1.54, 1.807) is 19.0 Å². The molecule has 6 nitrogen and oxygen atoms in total. The molecule has 3 rings (SSSR count). The number of guanidine groups is 1. The molecular formula is C17H30N4O2. The Morgan fingerprint density at radius 1 is 1.35 bits per heavy atom. The molecule has 3 unspecified atom stereocenters. The first kappa shape index (κ1) is 16.6. The molecule has 3 atom stereocenters. The van der Waals surface area contributed by atoms with Gasteiger partial charge in [0.1, 0.15) is 6.54 Å². The molecule has 1 spiro atoms. The Kier molecular flexibility index (Phi) is 4.80. The highest BCUT2D eigenvalue weighted by Crippen LogP contribution is 2.60. The highest BCUT2D eigenvalue weighted by atomic mass is 16.5. The van der Waals surface area contributed by atoms with Gasteiger partial charge in [-0.3, -0.25) is 4.79 Å². The lowest BCUT2D eigenvalue weighted by molar-refractivity contribution is -0.127. The van der Waals surface area contributed by atoms with E-state index in [9.17, 15) is 4.79 Å². The van der Waals surface area contributed by atoms with Gasteiger partial charge < -0.3 is 20.3 Å². The smallest absolute Gasteiger partial charge is 0.243 e. The van der Waals surface area contributed by atoms with Crippen LogP contribution in [0.4, 0.5) is 0 Å². The molecule has 1 heterocycles. The summed E-state index contributed by atoms with van der Waals surface area (Å²) in [5, 5.41) is 6.93. The minimum atomic E-state index is 0.0217. The van der Waals surface area contributed by atoms with E-state index < -0.39 is 0 Å². The number of rotatable bonds is 4. The predicted molar refractivity (Wildman–Crippen MR) is 90.3 cm³/mol. The zero-order valence-electron chi connectivity index (χ0n) is 14.6. The number of aliphatic imine (C=N–C) groups is 1. The molecule has 2 N–H and O–H groups in total. The number of carbonyl (C=O) groups is 1. The molecule has 0 aromatic carbocycles. The molecule has 1 saturated heterocycles. The van der Waals surface area contributed by atoms with Crippen molar-refractivity contribution >= 4 is 11.9 Å². The van der Waals surface area contributed by atoms with Crippen molar-refractivity contribution < 1.29 is 9.53 Å². The normalized spacial score (nSPS) is 31.6. The van der Waals surface area contributed by atoms with Crippen LogP contribution in [0.1, 0.15) is 39.0 Å². The van der Waals surface area contributed by atoms with E-state index in [1.807, 2.05) is 0 Å². The van der Waals surface area contributed by atoms with E-state index in [4.69, 9.17) is 4.74 Å². The maximum atomic E-state index is 11.8. The third kappa shape index (κ3) is 2.93. The highest BCUT2D eigenvalue weighted by Gasteiger charge is 2.65. The summed E-state index contributed by atoms with van der Waals surface area (Å²) in [5.74, 6) is 1.39. The van der Waals surface area contributed by atoms with Crippen LogP contribution < -0.4 is 10.6 Å². The van der Waals surface area contributed by atoms with Crippen molar-refractivity contribution in [3.8, 4) is 0 Å². The van der Waals surface area contributed by atoms with Crippen molar-refractivity contribution in [1.82, 2.24) is 15.5 Å². The predicted octanol–water partition coefficient (Wildman–Crippen LogP) is 0.977. The van der Waals surface area contributed by atoms with E-state index in [0.717, 1.165) is 25.5 Å². The van der Waals surface area contributed by atoms with Gasteiger partial charge in [0.2, 0.25) is 5.91 Å². The molecule has 0 aromatic heterocycles. The van der Waals surface area contributed by atoms with Gasteiger partial charge in [0.15, 0.2) is 5.96 Å². The number of nitrogens with zero attached hydrogens (tertiary/aromatic N) is 2. The van der Waals surface area contributed by atoms with Crippen LogP contribution in [0, 0.1) is 11.3 Å². The van der Waals surface area contributed by atoms with E-state index in [-0.39, 0.29) is 12.5 Å². The second kappa shape index (κ2) is 6.67. The van der Waals surface area contributed by atoms with Crippen molar-refractivity contribution in [3.05, 3.63) is 0 Å². The molecule has 0 aromatic rings. The van der Waals surface area contributed by atoms with Gasteiger partial charge in [-0.1, -0.05) is 12.8 Å². The molecule has 3 aliphatic rings. The molecule has 3 fully saturated rings. The van der Waals surface area contributed by atoms with Gasteiger partial charge in [0, 0.05) is 44.6 Å². The summed E-state index contributed by atoms with van der Waals surface area (Å²) in [5.41, 5.74) is 0.295. The molecule has 130 valence electrons. The SMILES string of the molecule is CCNC(=NCC(=O)N(C)C)NC1C2CCOC2C12CCCC2. The summed E-state index contributed by atoms with van der Waals surface area (Å²) < 4.78 is 6.03. The van der Waals surface area contributed by atoms with Crippen molar-refractivity contribution in [2.45, 2.75) is 51.2 Å². The molecule has 0 bridgehead atoms. The Bertz CT molecular complexity index is 471. The van der Waals surface area contributed by atoms with Crippen molar-refractivity contribution in [3.63, 3.8) is 0 Å². The van der Waals surface area contributed by atoms with Crippen LogP contribution in [0.3, 0.4) is 0 Å². The number of hydrogen-bond acceptors (Lipinski definition) is 3. The van der Waals surface area contributed by atoms with Gasteiger partial charge in [-0.15, -0.1) is 0 Å². The Morgan fingerprint density at radius 3 is 2.74 bits per heavy atom. The standard InChI is InChI=1S/C17H30N4O2/c1-4-18-16(19-11-13(22)21(2)3)20-14-12-7-10-23-15(12)17(14)8-5-6-9-17/h12,14-15H,4-11H2,1-3H3,(H2,18,19,20). The summed E-state index contributed by atoms with van der Waals surface area (Å²) in [6.45, 7) is 3.93. The van der Waals surface area contributed by atoms with Crippen LogP contribution in [0.15, 0.2) is 4.99 Å². The van der Waals surface area contributed by atoms with Gasteiger partial charge in [-0.25, -0.2) is 4.99 Å². The van der Waals surface area contributed by atoms with Crippen LogP contribution in [0.5, 0.6) is 0 Å². The summed E-state index contributed by atoms with van der Waals surface area (Å²) >= 11 is 0. The van der Waals surface area contributed by atoms with E-state index in [1.165, 1.54) is 25.7 Å². The zero-order chi connectivity index (χ0) is 16.4. The van der Waals surface area contributed by atoms with Gasteiger partial charge in [0.05, 0.1) is 6.10 Å². The number of likely N-dealkylation sites (N-methyl/N-ethyl adjacent to an activating group) is 1. The number of carbonyl (C=O) groups excluding carboxylic acids is 1. The molecule has 0 radical (unpaired) electrons. The van der Waals surface area contributed by atoms with Crippen LogP contribution in [0.2, 0.25) is 0 Å². The second-order valence-corrected chi connectivity index (χ2v) is 7.29. The maximum absolute atomic E-state index is 11.8. The van der Waals surface area contributed by atoms with Crippen LogP contribution in [-0.4, -0.2) is 62.7 Å². The number of amides is 1. The van der Waals surface area contributed by atoms with Crippen LogP contribution in [-0.2, 0) is 9.53 Å². The Balaban J connectivity index is 1.69. The number of nitrogens with one attached hydrogen (secondary N) is 2. The number of ether oxygens (including phenoxy) is 1. The summed E-state index contributed by atoms with van der Waals surface area (Å²) in [4.78, 5) is 17.9. The minimum absolute atomic E-state index is 0.0217. The first-order chi connectivity index (χ1) is 11.1. The van der Waals surface area contributed by atoms with E-state index in [2.05, 4.69) is 22.5 Å². The summed E-state index contributed by atoms with van der Waals surface area (Å²) in [6, 6.07) is 0.435. The van der Waals surface area contributed by atoms with E-state index in [0.29, 0.717) is 23.5 Å². The van der Waals surface area contributed by atoms with Crippen molar-refractivity contribution in [2.75, 3.05) is 33.8 Å². The molecule has 1 aliphatic heterocycles. The first-order valence-electron chi connectivity index (χ1n) is 8.95. The molecule has 2 saturated carbocycles. The van der Waals surface area contributed by atoms with Crippen molar-refractivity contribution in [1.29, 1.82) is 0 Å². The molecule has 1 amide bonds. The fourth-order valence-corrected chi connectivity index (χ4v) is 4.66. The topological polar surface area (TPSA) is 66.0 Å². The molecule has 2 aliphatic carbocycles. The summed E-state index contributed by atoms with van der Waals surface area (Å²) in [7, 11) is 3.52. The average molecular weight is 322 g/mol. The maximum Gasteiger partial charge on any atom is 0.243 e. The first-order valence-corrected chi connectivity index (χ1v) is 8.95. The lowest BCUT2D eigenvalue weighted by Gasteiger charge is -2.57. The second-order valence-electron chi connectivity index (χ2n) is 7.29. The fraction of sp³-hybridized carbons (Fsp3) is 0.882. The van der Waals surface area contributed by atoms with Crippen LogP contribution in [0.25, 0.3) is 0 Å². The third-order valence-electron chi connectivity index (χ3n) is 5.79. The molecule has 23 heavy (non-hydrogen) atoms. The number of hydrogen-bond donors (Lipinski definition) is 2. The van der Waals surface area contributed by atoms with Gasteiger partial charge in [0.25, 0.3) is 0 Å². The van der Waals surface area contributed by atoms with E-state index >= 15 is 0 Å². The van der Waals surface area contributed by atoms with Gasteiger partial charge in [-0.2, -0.15) is 0 Å².